The lowest BCUT2D eigenvalue weighted by molar-refractivity contribution is -0.121. The van der Waals surface area contributed by atoms with E-state index in [1.807, 2.05) is 12.1 Å². The molecule has 2 heterocycles. The van der Waals surface area contributed by atoms with Crippen molar-refractivity contribution in [2.75, 3.05) is 12.0 Å². The first kappa shape index (κ1) is 20.7. The molecule has 0 aromatic heterocycles. The molecule has 4 unspecified atom stereocenters. The van der Waals surface area contributed by atoms with Crippen LogP contribution in [0.25, 0.3) is 0 Å². The molecule has 0 aliphatic carbocycles. The first-order valence-electron chi connectivity index (χ1n) is 9.85. The summed E-state index contributed by atoms with van der Waals surface area (Å²) in [5.41, 5.74) is 1.08. The Labute approximate surface area is 167 Å². The smallest absolute Gasteiger partial charge is 0.234 e. The molecule has 3 rings (SSSR count). The number of sulfone groups is 1. The van der Waals surface area contributed by atoms with Crippen LogP contribution in [0.1, 0.15) is 57.1 Å². The summed E-state index contributed by atoms with van der Waals surface area (Å²) in [6, 6.07) is 7.28. The molecule has 0 bridgehead atoms. The highest BCUT2D eigenvalue weighted by atomic mass is 32.2. The molecule has 7 heteroatoms. The maximum absolute atomic E-state index is 12.5. The molecule has 4 atom stereocenters. The standard InChI is InChI=1S/C20H30N2O3S2/c1-3-5-14-12-17(15-7-9-16(10-8-15)27(2,24)25)21-19(13-14)22-20(23)18-6-4-11-26-18/h7-10,14,17-19,21H,3-6,11-13H2,1-2H3,(H,22,23). The van der Waals surface area contributed by atoms with Gasteiger partial charge in [0, 0.05) is 12.3 Å². The molecule has 1 aromatic carbocycles. The van der Waals surface area contributed by atoms with Crippen molar-refractivity contribution in [1.29, 1.82) is 0 Å². The molecule has 1 amide bonds. The van der Waals surface area contributed by atoms with E-state index < -0.39 is 9.84 Å². The predicted octanol–water partition coefficient (Wildman–Crippen LogP) is 3.27. The van der Waals surface area contributed by atoms with Gasteiger partial charge in [0.05, 0.1) is 16.3 Å². The Morgan fingerprint density at radius 1 is 1.26 bits per heavy atom. The number of carbonyl (C=O) groups excluding carboxylic acids is 1. The van der Waals surface area contributed by atoms with Gasteiger partial charge >= 0.3 is 0 Å². The number of thioether (sulfide) groups is 1. The van der Waals surface area contributed by atoms with E-state index in [1.165, 1.54) is 6.26 Å². The lowest BCUT2D eigenvalue weighted by atomic mass is 9.84. The number of hydrogen-bond acceptors (Lipinski definition) is 5. The van der Waals surface area contributed by atoms with Crippen LogP contribution in [0.5, 0.6) is 0 Å². The summed E-state index contributed by atoms with van der Waals surface area (Å²) < 4.78 is 23.4. The van der Waals surface area contributed by atoms with Crippen molar-refractivity contribution < 1.29 is 13.2 Å². The number of piperidine rings is 1. The molecule has 0 radical (unpaired) electrons. The van der Waals surface area contributed by atoms with Gasteiger partial charge in [-0.25, -0.2) is 8.42 Å². The molecule has 0 saturated carbocycles. The van der Waals surface area contributed by atoms with E-state index >= 15 is 0 Å². The van der Waals surface area contributed by atoms with E-state index in [-0.39, 0.29) is 23.4 Å². The molecule has 2 N–H and O–H groups in total. The number of carbonyl (C=O) groups is 1. The average molecular weight is 411 g/mol. The normalized spacial score (nSPS) is 28.8. The third-order valence-electron chi connectivity index (χ3n) is 5.49. The van der Waals surface area contributed by atoms with Gasteiger partial charge in [-0.1, -0.05) is 31.9 Å². The zero-order valence-electron chi connectivity index (χ0n) is 16.1. The van der Waals surface area contributed by atoms with Crippen LogP contribution in [-0.2, 0) is 14.6 Å². The van der Waals surface area contributed by atoms with Gasteiger partial charge in [0.25, 0.3) is 0 Å². The minimum atomic E-state index is -3.19. The van der Waals surface area contributed by atoms with Gasteiger partial charge in [0.1, 0.15) is 0 Å². The van der Waals surface area contributed by atoms with Gasteiger partial charge in [-0.05, 0) is 55.1 Å². The molecule has 150 valence electrons. The molecule has 1 aromatic rings. The van der Waals surface area contributed by atoms with Crippen molar-refractivity contribution in [3.8, 4) is 0 Å². The maximum Gasteiger partial charge on any atom is 0.234 e. The lowest BCUT2D eigenvalue weighted by Crippen LogP contribution is -2.52. The van der Waals surface area contributed by atoms with Gasteiger partial charge in [-0.15, -0.1) is 11.8 Å². The van der Waals surface area contributed by atoms with E-state index in [1.54, 1.807) is 23.9 Å². The van der Waals surface area contributed by atoms with E-state index in [4.69, 9.17) is 0 Å². The first-order chi connectivity index (χ1) is 12.9. The fraction of sp³-hybridized carbons (Fsp3) is 0.650. The molecule has 5 nitrogen and oxygen atoms in total. The van der Waals surface area contributed by atoms with E-state index in [9.17, 15) is 13.2 Å². The number of amides is 1. The molecule has 2 aliphatic heterocycles. The van der Waals surface area contributed by atoms with Crippen molar-refractivity contribution in [1.82, 2.24) is 10.6 Å². The van der Waals surface area contributed by atoms with Crippen LogP contribution in [0.3, 0.4) is 0 Å². The third-order valence-corrected chi connectivity index (χ3v) is 7.99. The van der Waals surface area contributed by atoms with E-state index in [2.05, 4.69) is 17.6 Å². The van der Waals surface area contributed by atoms with Gasteiger partial charge < -0.3 is 5.32 Å². The average Bonchev–Trinajstić information content (AvgIpc) is 3.16. The lowest BCUT2D eigenvalue weighted by Gasteiger charge is -2.37. The summed E-state index contributed by atoms with van der Waals surface area (Å²) in [4.78, 5) is 12.9. The summed E-state index contributed by atoms with van der Waals surface area (Å²) in [5, 5.41) is 6.89. The van der Waals surface area contributed by atoms with Crippen molar-refractivity contribution in [3.05, 3.63) is 29.8 Å². The zero-order chi connectivity index (χ0) is 19.4. The first-order valence-corrected chi connectivity index (χ1v) is 12.8. The summed E-state index contributed by atoms with van der Waals surface area (Å²) in [5.74, 6) is 1.78. The highest BCUT2D eigenvalue weighted by Crippen LogP contribution is 2.33. The molecule has 2 saturated heterocycles. The fourth-order valence-electron chi connectivity index (χ4n) is 4.12. The summed E-state index contributed by atoms with van der Waals surface area (Å²) in [6.07, 6.45) is 7.53. The van der Waals surface area contributed by atoms with Crippen molar-refractivity contribution in [3.63, 3.8) is 0 Å². The predicted molar refractivity (Wildman–Crippen MR) is 110 cm³/mol. The van der Waals surface area contributed by atoms with Crippen LogP contribution in [0.2, 0.25) is 0 Å². The van der Waals surface area contributed by atoms with Crippen molar-refractivity contribution >= 4 is 27.5 Å². The molecular formula is C20H30N2O3S2. The van der Waals surface area contributed by atoms with Crippen LogP contribution >= 0.6 is 11.8 Å². The summed E-state index contributed by atoms with van der Waals surface area (Å²) in [6.45, 7) is 2.20. The molecular weight excluding hydrogens is 380 g/mol. The molecule has 2 aliphatic rings. The highest BCUT2D eigenvalue weighted by molar-refractivity contribution is 8.00. The molecule has 2 fully saturated rings. The number of hydrogen-bond donors (Lipinski definition) is 2. The SMILES string of the molecule is CCCC1CC(NC(=O)C2CCCS2)NC(c2ccc(S(C)(=O)=O)cc2)C1. The van der Waals surface area contributed by atoms with Crippen LogP contribution in [-0.4, -0.2) is 37.7 Å². The van der Waals surface area contributed by atoms with Crippen LogP contribution in [0.15, 0.2) is 29.2 Å². The van der Waals surface area contributed by atoms with Crippen LogP contribution in [0.4, 0.5) is 0 Å². The number of benzene rings is 1. The Morgan fingerprint density at radius 3 is 2.59 bits per heavy atom. The van der Waals surface area contributed by atoms with Gasteiger partial charge in [0.15, 0.2) is 9.84 Å². The number of nitrogens with one attached hydrogen (secondary N) is 2. The summed E-state index contributed by atoms with van der Waals surface area (Å²) >= 11 is 1.75. The van der Waals surface area contributed by atoms with Gasteiger partial charge in [0.2, 0.25) is 5.91 Å². The van der Waals surface area contributed by atoms with Crippen LogP contribution < -0.4 is 10.6 Å². The number of rotatable bonds is 6. The van der Waals surface area contributed by atoms with Crippen molar-refractivity contribution in [2.45, 2.75) is 67.8 Å². The van der Waals surface area contributed by atoms with Crippen LogP contribution in [0, 0.1) is 5.92 Å². The van der Waals surface area contributed by atoms with E-state index in [0.717, 1.165) is 49.8 Å². The molecule has 27 heavy (non-hydrogen) atoms. The Morgan fingerprint density at radius 2 is 2.00 bits per heavy atom. The Kier molecular flexibility index (Phi) is 6.87. The monoisotopic (exact) mass is 410 g/mol. The van der Waals surface area contributed by atoms with E-state index in [0.29, 0.717) is 10.8 Å². The van der Waals surface area contributed by atoms with Crippen molar-refractivity contribution in [2.24, 2.45) is 5.92 Å². The Hall–Kier alpha value is -1.05. The topological polar surface area (TPSA) is 75.3 Å². The Balaban J connectivity index is 1.70. The van der Waals surface area contributed by atoms with Gasteiger partial charge in [-0.3, -0.25) is 10.1 Å². The third kappa shape index (κ3) is 5.48. The second-order valence-corrected chi connectivity index (χ2v) is 11.1. The summed E-state index contributed by atoms with van der Waals surface area (Å²) in [7, 11) is -3.19. The zero-order valence-corrected chi connectivity index (χ0v) is 17.7. The Bertz CT molecular complexity index is 743. The second-order valence-electron chi connectivity index (χ2n) is 7.75. The minimum absolute atomic E-state index is 0.0245. The maximum atomic E-state index is 12.5. The largest absolute Gasteiger partial charge is 0.340 e. The quantitative estimate of drug-likeness (QED) is 0.753. The minimum Gasteiger partial charge on any atom is -0.340 e. The highest BCUT2D eigenvalue weighted by Gasteiger charge is 2.32. The van der Waals surface area contributed by atoms with Gasteiger partial charge in [-0.2, -0.15) is 0 Å². The molecule has 0 spiro atoms. The second kappa shape index (κ2) is 8.97. The fourth-order valence-corrected chi connectivity index (χ4v) is 5.92.